The molecule has 5 heteroatoms. The molecule has 1 aliphatic heterocycles. The van der Waals surface area contributed by atoms with Crippen LogP contribution in [0.1, 0.15) is 40.7 Å². The van der Waals surface area contributed by atoms with E-state index in [-0.39, 0.29) is 5.91 Å². The molecule has 5 nitrogen and oxygen atoms in total. The number of benzene rings is 1. The summed E-state index contributed by atoms with van der Waals surface area (Å²) in [7, 11) is 0. The van der Waals surface area contributed by atoms with Crippen LogP contribution in [-0.2, 0) is 0 Å². The molecule has 0 radical (unpaired) electrons. The molecule has 0 spiro atoms. The van der Waals surface area contributed by atoms with Gasteiger partial charge < -0.3 is 15.3 Å². The molecule has 1 aliphatic carbocycles. The van der Waals surface area contributed by atoms with Crippen LogP contribution in [0.15, 0.2) is 72.5 Å². The highest BCUT2D eigenvalue weighted by atomic mass is 16.3. The summed E-state index contributed by atoms with van der Waals surface area (Å²) in [6, 6.07) is 9.57. The van der Waals surface area contributed by atoms with E-state index in [9.17, 15) is 9.90 Å². The minimum atomic E-state index is -0.798. The van der Waals surface area contributed by atoms with Crippen molar-refractivity contribution >= 4 is 17.4 Å². The maximum absolute atomic E-state index is 12.6. The van der Waals surface area contributed by atoms with E-state index in [0.717, 1.165) is 29.1 Å². The van der Waals surface area contributed by atoms with Gasteiger partial charge in [-0.05, 0) is 74.1 Å². The molecule has 2 aromatic rings. The van der Waals surface area contributed by atoms with Crippen LogP contribution in [0.4, 0.5) is 11.5 Å². The average molecular weight is 416 g/mol. The molecule has 1 aromatic heterocycles. The van der Waals surface area contributed by atoms with Crippen LogP contribution < -0.4 is 10.2 Å². The standard InChI is InChI=1S/C26H29N3O2/c1-19-9-11-23(17-20(19)2)28-25(30)21-10-12-24(27-18-21)29-15-13-26(31,14-16-29)22-7-5-3-4-6-8-22/h3,5-12,17-18,31H,4,13-16H2,1-2H3,(H,28,30). The first-order chi connectivity index (χ1) is 14.9. The van der Waals surface area contributed by atoms with Gasteiger partial charge in [0, 0.05) is 25.0 Å². The van der Waals surface area contributed by atoms with Crippen molar-refractivity contribution < 1.29 is 9.90 Å². The van der Waals surface area contributed by atoms with E-state index in [4.69, 9.17) is 0 Å². The third-order valence-corrected chi connectivity index (χ3v) is 6.21. The minimum Gasteiger partial charge on any atom is -0.385 e. The number of hydrogen-bond donors (Lipinski definition) is 2. The summed E-state index contributed by atoms with van der Waals surface area (Å²) >= 11 is 0. The van der Waals surface area contributed by atoms with Crippen LogP contribution >= 0.6 is 0 Å². The summed E-state index contributed by atoms with van der Waals surface area (Å²) < 4.78 is 0. The number of pyridine rings is 1. The van der Waals surface area contributed by atoms with Gasteiger partial charge in [0.1, 0.15) is 5.82 Å². The number of aliphatic hydroxyl groups is 1. The van der Waals surface area contributed by atoms with Crippen LogP contribution in [0.5, 0.6) is 0 Å². The Bertz CT molecular complexity index is 1040. The van der Waals surface area contributed by atoms with Crippen molar-refractivity contribution in [2.45, 2.75) is 38.7 Å². The molecule has 0 bridgehead atoms. The van der Waals surface area contributed by atoms with Gasteiger partial charge in [-0.3, -0.25) is 4.79 Å². The fourth-order valence-electron chi connectivity index (χ4n) is 4.01. The molecule has 1 amide bonds. The van der Waals surface area contributed by atoms with E-state index in [1.807, 2.05) is 56.3 Å². The van der Waals surface area contributed by atoms with Gasteiger partial charge in [0.25, 0.3) is 5.91 Å². The van der Waals surface area contributed by atoms with Crippen LogP contribution in [0.2, 0.25) is 0 Å². The number of carbonyl (C=O) groups is 1. The predicted octanol–water partition coefficient (Wildman–Crippen LogP) is 4.72. The molecular weight excluding hydrogens is 386 g/mol. The molecule has 2 N–H and O–H groups in total. The molecule has 1 aromatic carbocycles. The summed E-state index contributed by atoms with van der Waals surface area (Å²) in [6.45, 7) is 5.51. The Hall–Kier alpha value is -3.18. The molecule has 160 valence electrons. The number of allylic oxidation sites excluding steroid dienone is 4. The number of hydrogen-bond acceptors (Lipinski definition) is 4. The summed E-state index contributed by atoms with van der Waals surface area (Å²) in [5.74, 6) is 0.658. The summed E-state index contributed by atoms with van der Waals surface area (Å²) in [5.41, 5.74) is 3.82. The summed E-state index contributed by atoms with van der Waals surface area (Å²) in [4.78, 5) is 19.2. The van der Waals surface area contributed by atoms with E-state index in [2.05, 4.69) is 27.4 Å². The third kappa shape index (κ3) is 4.78. The Balaban J connectivity index is 1.38. The monoisotopic (exact) mass is 415 g/mol. The SMILES string of the molecule is Cc1ccc(NC(=O)c2ccc(N3CCC(O)(C4=CC=CCC=C4)CC3)nc2)cc1C. The Morgan fingerprint density at radius 1 is 1.10 bits per heavy atom. The highest BCUT2D eigenvalue weighted by Gasteiger charge is 2.35. The number of aryl methyl sites for hydroxylation is 2. The van der Waals surface area contributed by atoms with Crippen molar-refractivity contribution in [3.63, 3.8) is 0 Å². The van der Waals surface area contributed by atoms with Gasteiger partial charge >= 0.3 is 0 Å². The zero-order chi connectivity index (χ0) is 21.8. The first-order valence-electron chi connectivity index (χ1n) is 10.8. The van der Waals surface area contributed by atoms with Crippen LogP contribution in [0.3, 0.4) is 0 Å². The lowest BCUT2D eigenvalue weighted by Gasteiger charge is -2.39. The maximum atomic E-state index is 12.6. The van der Waals surface area contributed by atoms with Gasteiger partial charge in [-0.15, -0.1) is 0 Å². The number of carbonyl (C=O) groups excluding carboxylic acids is 1. The average Bonchev–Trinajstić information content (AvgIpc) is 3.07. The normalized spacial score (nSPS) is 17.8. The number of piperidine rings is 1. The van der Waals surface area contributed by atoms with Gasteiger partial charge in [-0.25, -0.2) is 4.98 Å². The van der Waals surface area contributed by atoms with Gasteiger partial charge in [0.2, 0.25) is 0 Å². The molecule has 4 rings (SSSR count). The minimum absolute atomic E-state index is 0.171. The number of amides is 1. The van der Waals surface area contributed by atoms with Crippen LogP contribution in [0.25, 0.3) is 0 Å². The molecule has 1 fully saturated rings. The lowest BCUT2D eigenvalue weighted by atomic mass is 9.83. The molecule has 0 unspecified atom stereocenters. The van der Waals surface area contributed by atoms with Crippen molar-refractivity contribution in [3.05, 3.63) is 89.2 Å². The molecule has 2 aliphatic rings. The second-order valence-corrected chi connectivity index (χ2v) is 8.37. The van der Waals surface area contributed by atoms with Crippen molar-refractivity contribution in [2.75, 3.05) is 23.3 Å². The van der Waals surface area contributed by atoms with Crippen LogP contribution in [-0.4, -0.2) is 34.7 Å². The van der Waals surface area contributed by atoms with E-state index < -0.39 is 5.60 Å². The molecule has 1 saturated heterocycles. The zero-order valence-corrected chi connectivity index (χ0v) is 18.1. The fraction of sp³-hybridized carbons (Fsp3) is 0.308. The largest absolute Gasteiger partial charge is 0.385 e. The first kappa shape index (κ1) is 21.1. The molecule has 31 heavy (non-hydrogen) atoms. The fourth-order valence-corrected chi connectivity index (χ4v) is 4.01. The maximum Gasteiger partial charge on any atom is 0.257 e. The lowest BCUT2D eigenvalue weighted by molar-refractivity contribution is 0.0559. The quantitative estimate of drug-likeness (QED) is 0.758. The van der Waals surface area contributed by atoms with Gasteiger partial charge in [0.05, 0.1) is 11.2 Å². The highest BCUT2D eigenvalue weighted by Crippen LogP contribution is 2.33. The molecule has 0 saturated carbocycles. The molecule has 2 heterocycles. The van der Waals surface area contributed by atoms with Crippen molar-refractivity contribution in [1.82, 2.24) is 4.98 Å². The molecular formula is C26H29N3O2. The van der Waals surface area contributed by atoms with Crippen molar-refractivity contribution in [3.8, 4) is 0 Å². The molecule has 0 atom stereocenters. The number of nitrogens with zero attached hydrogens (tertiary/aromatic N) is 2. The van der Waals surface area contributed by atoms with Crippen molar-refractivity contribution in [2.24, 2.45) is 0 Å². The Morgan fingerprint density at radius 3 is 2.61 bits per heavy atom. The predicted molar refractivity (Wildman–Crippen MR) is 125 cm³/mol. The van der Waals surface area contributed by atoms with E-state index in [0.29, 0.717) is 31.5 Å². The summed E-state index contributed by atoms with van der Waals surface area (Å²) in [5, 5.41) is 14.1. The van der Waals surface area contributed by atoms with E-state index in [1.54, 1.807) is 12.3 Å². The summed E-state index contributed by atoms with van der Waals surface area (Å²) in [6.07, 6.45) is 14.1. The van der Waals surface area contributed by atoms with Crippen LogP contribution in [0, 0.1) is 13.8 Å². The lowest BCUT2D eigenvalue weighted by Crippen LogP contribution is -2.45. The number of anilines is 2. The third-order valence-electron chi connectivity index (χ3n) is 6.21. The van der Waals surface area contributed by atoms with Gasteiger partial charge in [-0.2, -0.15) is 0 Å². The second-order valence-electron chi connectivity index (χ2n) is 8.37. The van der Waals surface area contributed by atoms with Crippen molar-refractivity contribution in [1.29, 1.82) is 0 Å². The number of rotatable bonds is 4. The van der Waals surface area contributed by atoms with Gasteiger partial charge in [0.15, 0.2) is 0 Å². The Labute approximate surface area is 183 Å². The first-order valence-corrected chi connectivity index (χ1v) is 10.8. The second kappa shape index (κ2) is 8.90. The number of aromatic nitrogens is 1. The zero-order valence-electron chi connectivity index (χ0n) is 18.1. The number of nitrogens with one attached hydrogen (secondary N) is 1. The van der Waals surface area contributed by atoms with E-state index >= 15 is 0 Å². The van der Waals surface area contributed by atoms with E-state index in [1.165, 1.54) is 5.56 Å². The van der Waals surface area contributed by atoms with Gasteiger partial charge in [-0.1, -0.05) is 36.4 Å². The Morgan fingerprint density at radius 2 is 1.90 bits per heavy atom. The topological polar surface area (TPSA) is 65.5 Å². The Kier molecular flexibility index (Phi) is 6.05. The highest BCUT2D eigenvalue weighted by molar-refractivity contribution is 6.04. The smallest absolute Gasteiger partial charge is 0.257 e.